The maximum absolute atomic E-state index is 11.0. The van der Waals surface area contributed by atoms with Gasteiger partial charge in [-0.15, -0.1) is 11.6 Å². The molecule has 0 aliphatic carbocycles. The molecule has 0 saturated heterocycles. The van der Waals surface area contributed by atoms with Gasteiger partial charge >= 0.3 is 0 Å². The van der Waals surface area contributed by atoms with Gasteiger partial charge in [-0.3, -0.25) is 9.59 Å². The van der Waals surface area contributed by atoms with Gasteiger partial charge < -0.3 is 5.32 Å². The van der Waals surface area contributed by atoms with E-state index in [4.69, 9.17) is 11.6 Å². The molecule has 3 nitrogen and oxygen atoms in total. The molecule has 0 saturated carbocycles. The minimum absolute atomic E-state index is 0.0263. The zero-order valence-corrected chi connectivity index (χ0v) is 9.62. The third kappa shape index (κ3) is 3.87. The van der Waals surface area contributed by atoms with E-state index >= 15 is 0 Å². The Bertz CT molecular complexity index is 410. The molecule has 0 atom stereocenters. The SMILES string of the molecule is CC(=O)c1ccc(NC=CC(=O)CCl)cc1. The van der Waals surface area contributed by atoms with Gasteiger partial charge in [0.2, 0.25) is 0 Å². The van der Waals surface area contributed by atoms with E-state index in [1.165, 1.54) is 19.2 Å². The highest BCUT2D eigenvalue weighted by molar-refractivity contribution is 6.29. The second-order valence-corrected chi connectivity index (χ2v) is 3.48. The fraction of sp³-hybridized carbons (Fsp3) is 0.167. The number of benzene rings is 1. The molecule has 0 radical (unpaired) electrons. The second kappa shape index (κ2) is 6.08. The van der Waals surface area contributed by atoms with Gasteiger partial charge in [-0.2, -0.15) is 0 Å². The van der Waals surface area contributed by atoms with Gasteiger partial charge in [0.25, 0.3) is 0 Å². The number of alkyl halides is 1. The second-order valence-electron chi connectivity index (χ2n) is 3.21. The summed E-state index contributed by atoms with van der Waals surface area (Å²) in [5.41, 5.74) is 1.47. The number of Topliss-reactive ketones (excluding diaryl/α,β-unsaturated/α-hetero) is 1. The first-order valence-electron chi connectivity index (χ1n) is 4.76. The van der Waals surface area contributed by atoms with Crippen LogP contribution in [0.3, 0.4) is 0 Å². The van der Waals surface area contributed by atoms with Crippen molar-refractivity contribution in [3.05, 3.63) is 42.1 Å². The summed E-state index contributed by atoms with van der Waals surface area (Å²) in [6.45, 7) is 1.52. The molecule has 0 aromatic heterocycles. The quantitative estimate of drug-likeness (QED) is 0.487. The van der Waals surface area contributed by atoms with Crippen molar-refractivity contribution in [2.75, 3.05) is 11.2 Å². The maximum atomic E-state index is 11.0. The van der Waals surface area contributed by atoms with Gasteiger partial charge in [-0.1, -0.05) is 0 Å². The third-order valence-electron chi connectivity index (χ3n) is 1.94. The first-order chi connectivity index (χ1) is 7.63. The smallest absolute Gasteiger partial charge is 0.171 e. The lowest BCUT2D eigenvalue weighted by atomic mass is 10.1. The predicted molar refractivity (Wildman–Crippen MR) is 64.9 cm³/mol. The average Bonchev–Trinajstić information content (AvgIpc) is 2.29. The summed E-state index contributed by atoms with van der Waals surface area (Å²) in [4.78, 5) is 21.8. The molecule has 0 heterocycles. The van der Waals surface area contributed by atoms with E-state index in [1.54, 1.807) is 24.3 Å². The van der Waals surface area contributed by atoms with Crippen molar-refractivity contribution >= 4 is 28.9 Å². The Morgan fingerprint density at radius 3 is 2.44 bits per heavy atom. The summed E-state index contributed by atoms with van der Waals surface area (Å²) in [6, 6.07) is 6.99. The molecule has 0 unspecified atom stereocenters. The number of rotatable bonds is 5. The van der Waals surface area contributed by atoms with Crippen molar-refractivity contribution in [2.45, 2.75) is 6.92 Å². The normalized spacial score (nSPS) is 10.4. The van der Waals surface area contributed by atoms with Crippen LogP contribution in [0.2, 0.25) is 0 Å². The maximum Gasteiger partial charge on any atom is 0.171 e. The van der Waals surface area contributed by atoms with Crippen LogP contribution < -0.4 is 5.32 Å². The van der Waals surface area contributed by atoms with Gasteiger partial charge in [-0.25, -0.2) is 0 Å². The van der Waals surface area contributed by atoms with Crippen molar-refractivity contribution in [3.63, 3.8) is 0 Å². The summed E-state index contributed by atoms with van der Waals surface area (Å²) in [7, 11) is 0. The molecule has 0 fully saturated rings. The van der Waals surface area contributed by atoms with Crippen molar-refractivity contribution in [1.82, 2.24) is 0 Å². The van der Waals surface area contributed by atoms with Gasteiger partial charge in [0.15, 0.2) is 11.6 Å². The van der Waals surface area contributed by atoms with Crippen LogP contribution in [0.5, 0.6) is 0 Å². The lowest BCUT2D eigenvalue weighted by molar-refractivity contribution is -0.112. The lowest BCUT2D eigenvalue weighted by Gasteiger charge is -2.01. The van der Waals surface area contributed by atoms with Crippen LogP contribution in [0, 0.1) is 0 Å². The van der Waals surface area contributed by atoms with Gasteiger partial charge in [0, 0.05) is 17.5 Å². The number of hydrogen-bond donors (Lipinski definition) is 1. The Balaban J connectivity index is 2.59. The molecule has 1 N–H and O–H groups in total. The molecule has 0 spiro atoms. The van der Waals surface area contributed by atoms with E-state index in [0.717, 1.165) is 5.69 Å². The Labute approximate surface area is 99.1 Å². The monoisotopic (exact) mass is 237 g/mol. The number of hydrogen-bond acceptors (Lipinski definition) is 3. The minimum Gasteiger partial charge on any atom is -0.362 e. The largest absolute Gasteiger partial charge is 0.362 e. The highest BCUT2D eigenvalue weighted by Gasteiger charge is 1.97. The lowest BCUT2D eigenvalue weighted by Crippen LogP contribution is -1.96. The number of carbonyl (C=O) groups is 2. The summed E-state index contributed by atoms with van der Waals surface area (Å²) in [5.74, 6) is -0.157. The molecule has 0 amide bonds. The molecule has 0 bridgehead atoms. The van der Waals surface area contributed by atoms with Crippen LogP contribution in [0.4, 0.5) is 5.69 Å². The number of halogens is 1. The van der Waals surface area contributed by atoms with Crippen molar-refractivity contribution in [3.8, 4) is 0 Å². The van der Waals surface area contributed by atoms with E-state index in [2.05, 4.69) is 5.32 Å². The first kappa shape index (κ1) is 12.5. The summed E-state index contributed by atoms with van der Waals surface area (Å²) in [6.07, 6.45) is 2.89. The third-order valence-corrected chi connectivity index (χ3v) is 2.21. The van der Waals surface area contributed by atoms with Crippen LogP contribution in [0.15, 0.2) is 36.5 Å². The van der Waals surface area contributed by atoms with E-state index in [1.807, 2.05) is 0 Å². The fourth-order valence-electron chi connectivity index (χ4n) is 1.08. The van der Waals surface area contributed by atoms with E-state index in [0.29, 0.717) is 5.56 Å². The van der Waals surface area contributed by atoms with Gasteiger partial charge in [-0.05, 0) is 37.3 Å². The minimum atomic E-state index is -0.158. The molecule has 16 heavy (non-hydrogen) atoms. The van der Waals surface area contributed by atoms with Crippen molar-refractivity contribution in [2.24, 2.45) is 0 Å². The molecule has 1 aromatic rings. The van der Waals surface area contributed by atoms with Gasteiger partial charge in [0.05, 0.1) is 5.88 Å². The van der Waals surface area contributed by atoms with E-state index in [9.17, 15) is 9.59 Å². The first-order valence-corrected chi connectivity index (χ1v) is 5.30. The molecular weight excluding hydrogens is 226 g/mol. The Morgan fingerprint density at radius 1 is 1.31 bits per heavy atom. The Morgan fingerprint density at radius 2 is 1.94 bits per heavy atom. The topological polar surface area (TPSA) is 46.2 Å². The van der Waals surface area contributed by atoms with Crippen molar-refractivity contribution < 1.29 is 9.59 Å². The predicted octanol–water partition coefficient (Wildman–Crippen LogP) is 2.62. The molecule has 84 valence electrons. The summed E-state index contributed by atoms with van der Waals surface area (Å²) < 4.78 is 0. The average molecular weight is 238 g/mol. The zero-order chi connectivity index (χ0) is 12.0. The van der Waals surface area contributed by atoms with Crippen LogP contribution in [-0.4, -0.2) is 17.4 Å². The Kier molecular flexibility index (Phi) is 4.73. The molecule has 0 aliphatic rings. The van der Waals surface area contributed by atoms with Crippen LogP contribution in [0.1, 0.15) is 17.3 Å². The number of nitrogens with one attached hydrogen (secondary N) is 1. The molecule has 0 aliphatic heterocycles. The zero-order valence-electron chi connectivity index (χ0n) is 8.87. The van der Waals surface area contributed by atoms with E-state index < -0.39 is 0 Å². The van der Waals surface area contributed by atoms with Gasteiger partial charge in [0.1, 0.15) is 0 Å². The standard InChI is InChI=1S/C12H12ClNO2/c1-9(15)10-2-4-11(5-3-10)14-7-6-12(16)8-13/h2-7,14H,8H2,1H3. The number of ketones is 2. The highest BCUT2D eigenvalue weighted by atomic mass is 35.5. The van der Waals surface area contributed by atoms with E-state index in [-0.39, 0.29) is 17.4 Å². The van der Waals surface area contributed by atoms with Crippen LogP contribution in [0.25, 0.3) is 0 Å². The number of anilines is 1. The summed E-state index contributed by atoms with van der Waals surface area (Å²) in [5, 5.41) is 2.90. The number of allylic oxidation sites excluding steroid dienone is 1. The molecule has 4 heteroatoms. The highest BCUT2D eigenvalue weighted by Crippen LogP contribution is 2.09. The van der Waals surface area contributed by atoms with Crippen LogP contribution >= 0.6 is 11.6 Å². The molecule has 1 aromatic carbocycles. The number of carbonyl (C=O) groups excluding carboxylic acids is 2. The summed E-state index contributed by atoms with van der Waals surface area (Å²) >= 11 is 5.32. The van der Waals surface area contributed by atoms with Crippen molar-refractivity contribution in [1.29, 1.82) is 0 Å². The van der Waals surface area contributed by atoms with Crippen LogP contribution in [-0.2, 0) is 4.79 Å². The molecular formula is C12H12ClNO2. The molecule has 1 rings (SSSR count). The fourth-order valence-corrected chi connectivity index (χ4v) is 1.17. The Hall–Kier alpha value is -1.61.